The highest BCUT2D eigenvalue weighted by Gasteiger charge is 2.56. The average molecular weight is 603 g/mol. The van der Waals surface area contributed by atoms with Gasteiger partial charge in [-0.05, 0) is 41.6 Å². The third-order valence-electron chi connectivity index (χ3n) is 5.00. The van der Waals surface area contributed by atoms with Crippen LogP contribution in [0.1, 0.15) is 22.3 Å². The van der Waals surface area contributed by atoms with E-state index in [1.165, 1.54) is 0 Å². The summed E-state index contributed by atoms with van der Waals surface area (Å²) < 4.78 is 122. The minimum atomic E-state index is -5.59. The van der Waals surface area contributed by atoms with Crippen molar-refractivity contribution in [3.63, 3.8) is 0 Å². The minimum absolute atomic E-state index is 0.0121. The number of carbonyl (C=O) groups excluding carboxylic acids is 1. The Hall–Kier alpha value is -2.03. The highest BCUT2D eigenvalue weighted by Crippen LogP contribution is 2.45. The van der Waals surface area contributed by atoms with Gasteiger partial charge in [0, 0.05) is 12.2 Å². The lowest BCUT2D eigenvalue weighted by atomic mass is 9.91. The number of benzene rings is 2. The highest BCUT2D eigenvalue weighted by atomic mass is 35.5. The van der Waals surface area contributed by atoms with E-state index in [4.69, 9.17) is 23.2 Å². The molecule has 0 spiro atoms. The molecule has 0 unspecified atom stereocenters. The molecule has 1 amide bonds. The summed E-state index contributed by atoms with van der Waals surface area (Å²) in [6.45, 7) is -2.10. The van der Waals surface area contributed by atoms with E-state index in [0.717, 1.165) is 23.9 Å². The fourth-order valence-electron chi connectivity index (χ4n) is 3.11. The molecular weight excluding hydrogens is 586 g/mol. The van der Waals surface area contributed by atoms with E-state index in [9.17, 15) is 49.4 Å². The maximum atomic E-state index is 13.9. The first kappa shape index (κ1) is 31.2. The van der Waals surface area contributed by atoms with Crippen LogP contribution in [0, 0.1) is 0 Å². The molecule has 2 rings (SSSR count). The first-order chi connectivity index (χ1) is 16.8. The molecule has 0 bridgehead atoms. The number of hydrogen-bond acceptors (Lipinski definition) is 4. The maximum absolute atomic E-state index is 13.9. The van der Waals surface area contributed by atoms with Gasteiger partial charge in [0.1, 0.15) is 0 Å². The van der Waals surface area contributed by atoms with Crippen LogP contribution in [-0.4, -0.2) is 35.7 Å². The second kappa shape index (κ2) is 11.4. The summed E-state index contributed by atoms with van der Waals surface area (Å²) in [5.41, 5.74) is -9.30. The second-order valence-corrected chi connectivity index (χ2v) is 9.26. The summed E-state index contributed by atoms with van der Waals surface area (Å²) >= 11 is 12.2. The van der Waals surface area contributed by atoms with Crippen LogP contribution in [0.2, 0.25) is 10.0 Å². The van der Waals surface area contributed by atoms with Crippen LogP contribution in [0.3, 0.4) is 0 Å². The number of thioether (sulfide) groups is 1. The van der Waals surface area contributed by atoms with E-state index >= 15 is 0 Å². The van der Waals surface area contributed by atoms with Crippen LogP contribution < -0.4 is 10.6 Å². The zero-order valence-corrected chi connectivity index (χ0v) is 20.8. The van der Waals surface area contributed by atoms with E-state index in [1.54, 1.807) is 6.26 Å². The molecule has 0 aliphatic rings. The Bertz CT molecular complexity index is 1140. The van der Waals surface area contributed by atoms with Crippen LogP contribution in [0.15, 0.2) is 30.3 Å². The zero-order chi connectivity index (χ0) is 28.4. The Morgan fingerprint density at radius 1 is 0.946 bits per heavy atom. The van der Waals surface area contributed by atoms with Gasteiger partial charge in [-0.1, -0.05) is 29.3 Å². The van der Waals surface area contributed by atoms with Gasteiger partial charge in [0.15, 0.2) is 0 Å². The van der Waals surface area contributed by atoms with Gasteiger partial charge in [0.25, 0.3) is 0 Å². The fraction of sp³-hybridized carbons (Fsp3) is 0.381. The average Bonchev–Trinajstić information content (AvgIpc) is 2.76. The van der Waals surface area contributed by atoms with E-state index in [-0.39, 0.29) is 11.8 Å². The molecule has 0 aliphatic heterocycles. The molecule has 3 N–H and O–H groups in total. The Balaban J connectivity index is 2.45. The van der Waals surface area contributed by atoms with Crippen LogP contribution in [0.25, 0.3) is 0 Å². The summed E-state index contributed by atoms with van der Waals surface area (Å²) in [6.07, 6.45) is -14.2. The Kier molecular flexibility index (Phi) is 9.59. The molecule has 37 heavy (non-hydrogen) atoms. The predicted molar refractivity (Wildman–Crippen MR) is 122 cm³/mol. The van der Waals surface area contributed by atoms with Crippen LogP contribution in [0.4, 0.5) is 45.2 Å². The summed E-state index contributed by atoms with van der Waals surface area (Å²) in [5.74, 6) is -0.556. The molecule has 0 aliphatic carbocycles. The standard InChI is InChI=1S/C21H17Cl2F9N2O2S/c1-37-8-16(35)33-7-10-2-3-12(6-13(10)19(24,25)26)34-9-18(36,21(30,31)32)11-4-14(20(27,28)29)17(23)15(22)5-11/h2-6,34,36H,7-9H2,1H3,(H,33,35)/t18-/m0/s1. The number of rotatable bonds is 8. The largest absolute Gasteiger partial charge is 0.423 e. The van der Waals surface area contributed by atoms with E-state index in [1.807, 2.05) is 5.32 Å². The molecule has 0 fully saturated rings. The van der Waals surface area contributed by atoms with Crippen molar-refractivity contribution in [3.05, 3.63) is 62.6 Å². The lowest BCUT2D eigenvalue weighted by Gasteiger charge is -2.32. The van der Waals surface area contributed by atoms with E-state index in [0.29, 0.717) is 12.1 Å². The molecule has 0 aromatic heterocycles. The number of carbonyl (C=O) groups is 1. The molecule has 0 radical (unpaired) electrons. The van der Waals surface area contributed by atoms with Crippen molar-refractivity contribution in [2.24, 2.45) is 0 Å². The van der Waals surface area contributed by atoms with Crippen molar-refractivity contribution in [1.82, 2.24) is 5.32 Å². The first-order valence-corrected chi connectivity index (χ1v) is 12.0. The van der Waals surface area contributed by atoms with Gasteiger partial charge < -0.3 is 15.7 Å². The summed E-state index contributed by atoms with van der Waals surface area (Å²) in [6, 6.07) is 2.65. The highest BCUT2D eigenvalue weighted by molar-refractivity contribution is 7.99. The Morgan fingerprint density at radius 3 is 2.05 bits per heavy atom. The summed E-state index contributed by atoms with van der Waals surface area (Å²) in [4.78, 5) is 11.6. The van der Waals surface area contributed by atoms with Gasteiger partial charge in [-0.3, -0.25) is 4.79 Å². The van der Waals surface area contributed by atoms with Crippen molar-refractivity contribution in [3.8, 4) is 0 Å². The van der Waals surface area contributed by atoms with Gasteiger partial charge >= 0.3 is 18.5 Å². The number of aliphatic hydroxyl groups is 1. The van der Waals surface area contributed by atoms with Crippen molar-refractivity contribution >= 4 is 46.6 Å². The van der Waals surface area contributed by atoms with Crippen molar-refractivity contribution in [2.75, 3.05) is 23.9 Å². The first-order valence-electron chi connectivity index (χ1n) is 9.86. The molecule has 0 heterocycles. The van der Waals surface area contributed by atoms with Crippen LogP contribution in [0.5, 0.6) is 0 Å². The molecule has 0 saturated carbocycles. The van der Waals surface area contributed by atoms with Gasteiger partial charge in [-0.15, -0.1) is 0 Å². The summed E-state index contributed by atoms with van der Waals surface area (Å²) in [7, 11) is 0. The normalized spacial score (nSPS) is 14.3. The molecule has 16 heteroatoms. The lowest BCUT2D eigenvalue weighted by Crippen LogP contribution is -2.48. The lowest BCUT2D eigenvalue weighted by molar-refractivity contribution is -0.260. The topological polar surface area (TPSA) is 61.4 Å². The van der Waals surface area contributed by atoms with Gasteiger partial charge in [-0.2, -0.15) is 51.3 Å². The SMILES string of the molecule is CSCC(=O)NCc1ccc(NC[C@](O)(c2cc(Cl)c(Cl)c(C(F)(F)F)c2)C(F)(F)F)cc1C(F)(F)F. The third kappa shape index (κ3) is 7.52. The molecule has 2 aromatic carbocycles. The quantitative estimate of drug-likeness (QED) is 0.289. The molecule has 206 valence electrons. The van der Waals surface area contributed by atoms with Gasteiger partial charge in [0.2, 0.25) is 11.5 Å². The predicted octanol–water partition coefficient (Wildman–Crippen LogP) is 6.87. The van der Waals surface area contributed by atoms with E-state index in [2.05, 4.69) is 5.32 Å². The van der Waals surface area contributed by atoms with Crippen molar-refractivity contribution in [2.45, 2.75) is 30.7 Å². The number of nitrogens with one attached hydrogen (secondary N) is 2. The Morgan fingerprint density at radius 2 is 1.54 bits per heavy atom. The number of amides is 1. The molecule has 2 aromatic rings. The van der Waals surface area contributed by atoms with Gasteiger partial charge in [-0.25, -0.2) is 0 Å². The molecular formula is C21H17Cl2F9N2O2S. The molecule has 1 atom stereocenters. The number of alkyl halides is 9. The van der Waals surface area contributed by atoms with Crippen molar-refractivity contribution < 1.29 is 49.4 Å². The number of halogens is 11. The Labute approximate surface area is 218 Å². The minimum Gasteiger partial charge on any atom is -0.381 e. The van der Waals surface area contributed by atoms with Gasteiger partial charge in [0.05, 0.1) is 33.5 Å². The summed E-state index contributed by atoms with van der Waals surface area (Å²) in [5, 5.41) is 12.7. The fourth-order valence-corrected chi connectivity index (χ4v) is 3.91. The maximum Gasteiger partial charge on any atom is 0.423 e. The number of hydrogen-bond donors (Lipinski definition) is 3. The molecule has 0 saturated heterocycles. The smallest absolute Gasteiger partial charge is 0.381 e. The van der Waals surface area contributed by atoms with Crippen LogP contribution in [-0.2, 0) is 29.3 Å². The van der Waals surface area contributed by atoms with Crippen LogP contribution >= 0.6 is 35.0 Å². The zero-order valence-electron chi connectivity index (χ0n) is 18.4. The monoisotopic (exact) mass is 602 g/mol. The second-order valence-electron chi connectivity index (χ2n) is 7.61. The van der Waals surface area contributed by atoms with E-state index < -0.39 is 81.1 Å². The number of anilines is 1. The third-order valence-corrected chi connectivity index (χ3v) is 6.35. The molecule has 4 nitrogen and oxygen atoms in total. The van der Waals surface area contributed by atoms with Crippen molar-refractivity contribution in [1.29, 1.82) is 0 Å².